The van der Waals surface area contributed by atoms with Gasteiger partial charge in [0.2, 0.25) is 5.89 Å². The lowest BCUT2D eigenvalue weighted by atomic mass is 9.96. The largest absolute Gasteiger partial charge is 0.339 e. The van der Waals surface area contributed by atoms with Crippen LogP contribution in [0.2, 0.25) is 0 Å². The Morgan fingerprint density at radius 1 is 1.32 bits per heavy atom. The van der Waals surface area contributed by atoms with Crippen LogP contribution in [-0.2, 0) is 6.42 Å². The van der Waals surface area contributed by atoms with E-state index in [-0.39, 0.29) is 0 Å². The minimum Gasteiger partial charge on any atom is -0.339 e. The van der Waals surface area contributed by atoms with Crippen molar-refractivity contribution in [2.45, 2.75) is 45.4 Å². The van der Waals surface area contributed by atoms with Gasteiger partial charge in [0.1, 0.15) is 0 Å². The lowest BCUT2D eigenvalue weighted by Crippen LogP contribution is -2.25. The summed E-state index contributed by atoms with van der Waals surface area (Å²) in [7, 11) is 0. The van der Waals surface area contributed by atoms with Crippen LogP contribution < -0.4 is 5.73 Å². The van der Waals surface area contributed by atoms with E-state index in [0.717, 1.165) is 50.7 Å². The Bertz CT molecular complexity index is 375. The van der Waals surface area contributed by atoms with Crippen LogP contribution in [0.15, 0.2) is 4.52 Å². The molecule has 0 aliphatic heterocycles. The van der Waals surface area contributed by atoms with E-state index in [1.54, 1.807) is 0 Å². The molecule has 1 aliphatic rings. The van der Waals surface area contributed by atoms with E-state index in [1.165, 1.54) is 12.8 Å². The number of hydrogen-bond donors (Lipinski definition) is 1. The van der Waals surface area contributed by atoms with Crippen LogP contribution in [0.5, 0.6) is 0 Å². The minimum absolute atomic E-state index is 0.389. The molecule has 0 radical (unpaired) electrons. The molecule has 1 fully saturated rings. The number of aromatic nitrogens is 2. The summed E-state index contributed by atoms with van der Waals surface area (Å²) < 4.78 is 5.45. The van der Waals surface area contributed by atoms with Crippen LogP contribution in [0.25, 0.3) is 0 Å². The molecule has 5 heteroatoms. The van der Waals surface area contributed by atoms with E-state index in [0.29, 0.717) is 11.8 Å². The average Bonchev–Trinajstić information content (AvgIpc) is 3.07. The van der Waals surface area contributed by atoms with Crippen molar-refractivity contribution >= 4 is 0 Å². The van der Waals surface area contributed by atoms with E-state index in [9.17, 15) is 0 Å². The Labute approximate surface area is 115 Å². The maximum atomic E-state index is 5.81. The van der Waals surface area contributed by atoms with Gasteiger partial charge in [0, 0.05) is 18.9 Å². The van der Waals surface area contributed by atoms with Gasteiger partial charge in [-0.25, -0.2) is 0 Å². The predicted molar refractivity (Wildman–Crippen MR) is 74.9 cm³/mol. The van der Waals surface area contributed by atoms with Crippen molar-refractivity contribution in [3.63, 3.8) is 0 Å². The molecule has 1 aliphatic carbocycles. The van der Waals surface area contributed by atoms with Crippen molar-refractivity contribution in [2.24, 2.45) is 11.7 Å². The summed E-state index contributed by atoms with van der Waals surface area (Å²) in [5.74, 6) is 2.56. The lowest BCUT2D eigenvalue weighted by Gasteiger charge is -2.16. The summed E-state index contributed by atoms with van der Waals surface area (Å²) in [5.41, 5.74) is 5.81. The fraction of sp³-hybridized carbons (Fsp3) is 0.857. The number of rotatable bonds is 7. The molecule has 1 aromatic rings. The molecule has 0 saturated heterocycles. The van der Waals surface area contributed by atoms with Gasteiger partial charge in [-0.15, -0.1) is 0 Å². The molecule has 0 amide bonds. The zero-order valence-corrected chi connectivity index (χ0v) is 12.1. The number of nitrogens with two attached hydrogens (primary N) is 1. The van der Waals surface area contributed by atoms with Crippen molar-refractivity contribution in [3.8, 4) is 0 Å². The minimum atomic E-state index is 0.389. The zero-order chi connectivity index (χ0) is 13.7. The van der Waals surface area contributed by atoms with Gasteiger partial charge < -0.3 is 15.2 Å². The van der Waals surface area contributed by atoms with Crippen LogP contribution in [0.4, 0.5) is 0 Å². The molecular weight excluding hydrogens is 240 g/mol. The molecule has 0 spiro atoms. The van der Waals surface area contributed by atoms with Gasteiger partial charge in [-0.2, -0.15) is 4.98 Å². The molecule has 2 rings (SSSR count). The average molecular weight is 266 g/mol. The van der Waals surface area contributed by atoms with E-state index >= 15 is 0 Å². The molecule has 108 valence electrons. The van der Waals surface area contributed by atoms with Crippen LogP contribution in [-0.4, -0.2) is 41.2 Å². The monoisotopic (exact) mass is 266 g/mol. The summed E-state index contributed by atoms with van der Waals surface area (Å²) in [6.07, 6.45) is 4.42. The van der Waals surface area contributed by atoms with Gasteiger partial charge >= 0.3 is 0 Å². The highest BCUT2D eigenvalue weighted by atomic mass is 16.5. The van der Waals surface area contributed by atoms with Gasteiger partial charge in [0.25, 0.3) is 0 Å². The normalized spacial score (nSPS) is 23.4. The standard InChI is InChI=1S/C14H26N4O/c1-3-18(4-2)9-8-13-16-14(19-17-13)12-7-5-6-11(12)10-15/h11-12H,3-10,15H2,1-2H3. The van der Waals surface area contributed by atoms with Crippen LogP contribution in [0.3, 0.4) is 0 Å². The van der Waals surface area contributed by atoms with E-state index in [1.807, 2.05) is 0 Å². The first kappa shape index (κ1) is 14.5. The van der Waals surface area contributed by atoms with Crippen molar-refractivity contribution in [1.29, 1.82) is 0 Å². The third-order valence-electron chi connectivity index (χ3n) is 4.31. The third kappa shape index (κ3) is 3.54. The van der Waals surface area contributed by atoms with Crippen LogP contribution in [0, 0.1) is 5.92 Å². The first-order chi connectivity index (χ1) is 9.28. The van der Waals surface area contributed by atoms with Gasteiger partial charge in [0.05, 0.1) is 0 Å². The van der Waals surface area contributed by atoms with Gasteiger partial charge in [-0.1, -0.05) is 25.4 Å². The smallest absolute Gasteiger partial charge is 0.230 e. The number of hydrogen-bond acceptors (Lipinski definition) is 5. The second-order valence-electron chi connectivity index (χ2n) is 5.36. The van der Waals surface area contributed by atoms with Crippen molar-refractivity contribution in [3.05, 3.63) is 11.7 Å². The van der Waals surface area contributed by atoms with Crippen LogP contribution in [0.1, 0.15) is 50.7 Å². The van der Waals surface area contributed by atoms with Gasteiger partial charge in [-0.05, 0) is 38.4 Å². The zero-order valence-electron chi connectivity index (χ0n) is 12.1. The first-order valence-electron chi connectivity index (χ1n) is 7.53. The quantitative estimate of drug-likeness (QED) is 0.815. The second kappa shape index (κ2) is 7.01. The Morgan fingerprint density at radius 2 is 2.11 bits per heavy atom. The highest BCUT2D eigenvalue weighted by molar-refractivity contribution is 5.00. The maximum Gasteiger partial charge on any atom is 0.230 e. The Kier molecular flexibility index (Phi) is 5.34. The molecule has 5 nitrogen and oxygen atoms in total. The molecule has 1 saturated carbocycles. The molecule has 1 aromatic heterocycles. The van der Waals surface area contributed by atoms with Crippen molar-refractivity contribution in [1.82, 2.24) is 15.0 Å². The molecule has 0 aromatic carbocycles. The molecule has 2 atom stereocenters. The summed E-state index contributed by atoms with van der Waals surface area (Å²) >= 11 is 0. The lowest BCUT2D eigenvalue weighted by molar-refractivity contribution is 0.300. The van der Waals surface area contributed by atoms with Crippen molar-refractivity contribution in [2.75, 3.05) is 26.2 Å². The Morgan fingerprint density at radius 3 is 2.79 bits per heavy atom. The third-order valence-corrected chi connectivity index (χ3v) is 4.31. The molecule has 2 unspecified atom stereocenters. The summed E-state index contributed by atoms with van der Waals surface area (Å²) in [4.78, 5) is 6.94. The summed E-state index contributed by atoms with van der Waals surface area (Å²) in [6, 6.07) is 0. The Hall–Kier alpha value is -0.940. The molecule has 19 heavy (non-hydrogen) atoms. The topological polar surface area (TPSA) is 68.2 Å². The maximum absolute atomic E-state index is 5.81. The van der Waals surface area contributed by atoms with Crippen LogP contribution >= 0.6 is 0 Å². The van der Waals surface area contributed by atoms with E-state index < -0.39 is 0 Å². The number of likely N-dealkylation sites (N-methyl/N-ethyl adjacent to an activating group) is 1. The van der Waals surface area contributed by atoms with Gasteiger partial charge in [0.15, 0.2) is 5.82 Å². The van der Waals surface area contributed by atoms with Crippen molar-refractivity contribution < 1.29 is 4.52 Å². The number of nitrogens with zero attached hydrogens (tertiary/aromatic N) is 3. The highest BCUT2D eigenvalue weighted by Crippen LogP contribution is 2.38. The summed E-state index contributed by atoms with van der Waals surface area (Å²) in [6.45, 7) is 8.21. The molecule has 1 heterocycles. The van der Waals surface area contributed by atoms with Gasteiger partial charge in [-0.3, -0.25) is 0 Å². The summed E-state index contributed by atoms with van der Waals surface area (Å²) in [5, 5.41) is 4.12. The molecule has 0 bridgehead atoms. The fourth-order valence-electron chi connectivity index (χ4n) is 2.96. The van der Waals surface area contributed by atoms with E-state index in [2.05, 4.69) is 28.9 Å². The van der Waals surface area contributed by atoms with E-state index in [4.69, 9.17) is 10.3 Å². The first-order valence-corrected chi connectivity index (χ1v) is 7.53. The SMILES string of the molecule is CCN(CC)CCc1noc(C2CCCC2CN)n1. The highest BCUT2D eigenvalue weighted by Gasteiger charge is 2.31. The Balaban J connectivity index is 1.91. The second-order valence-corrected chi connectivity index (χ2v) is 5.36. The predicted octanol–water partition coefficient (Wildman–Crippen LogP) is 1.80. The fourth-order valence-corrected chi connectivity index (χ4v) is 2.96. The molecule has 2 N–H and O–H groups in total. The molecular formula is C14H26N4O.